The van der Waals surface area contributed by atoms with Gasteiger partial charge in [-0.2, -0.15) is 0 Å². The molecular formula is C15H20ClNO2. The molecule has 0 spiro atoms. The molecule has 1 N–H and O–H groups in total. The van der Waals surface area contributed by atoms with Gasteiger partial charge in [-0.05, 0) is 45.2 Å². The Balaban J connectivity index is 2.27. The highest BCUT2D eigenvalue weighted by molar-refractivity contribution is 6.17. The molecule has 1 aliphatic rings. The maximum atomic E-state index is 12.0. The number of halogens is 1. The number of rotatable bonds is 5. The van der Waals surface area contributed by atoms with Crippen molar-refractivity contribution in [3.8, 4) is 5.75 Å². The highest BCUT2D eigenvalue weighted by atomic mass is 35.5. The molecule has 0 bridgehead atoms. The first-order valence-electron chi connectivity index (χ1n) is 6.62. The van der Waals surface area contributed by atoms with Gasteiger partial charge in [0.1, 0.15) is 5.75 Å². The van der Waals surface area contributed by atoms with E-state index in [0.717, 1.165) is 35.4 Å². The Hall–Kier alpha value is -1.22. The summed E-state index contributed by atoms with van der Waals surface area (Å²) in [5, 5.41) is 2.96. The Morgan fingerprint density at radius 1 is 1.32 bits per heavy atom. The van der Waals surface area contributed by atoms with Gasteiger partial charge in [-0.25, -0.2) is 0 Å². The van der Waals surface area contributed by atoms with Crippen LogP contribution >= 0.6 is 11.6 Å². The molecule has 1 aromatic carbocycles. The van der Waals surface area contributed by atoms with Crippen molar-refractivity contribution in [2.45, 2.75) is 39.0 Å². The van der Waals surface area contributed by atoms with Crippen molar-refractivity contribution in [1.82, 2.24) is 0 Å². The number of fused-ring (bicyclic) bond motifs is 1. The van der Waals surface area contributed by atoms with E-state index in [4.69, 9.17) is 16.3 Å². The zero-order valence-electron chi connectivity index (χ0n) is 11.7. The molecule has 19 heavy (non-hydrogen) atoms. The van der Waals surface area contributed by atoms with Crippen LogP contribution in [0.15, 0.2) is 12.1 Å². The van der Waals surface area contributed by atoms with Gasteiger partial charge in [-0.3, -0.25) is 4.79 Å². The molecule has 1 heterocycles. The number of anilines is 1. The zero-order chi connectivity index (χ0) is 14.0. The molecule has 0 fully saturated rings. The van der Waals surface area contributed by atoms with Gasteiger partial charge in [0.25, 0.3) is 0 Å². The first-order valence-corrected chi connectivity index (χ1v) is 7.16. The third-order valence-electron chi connectivity index (χ3n) is 3.59. The van der Waals surface area contributed by atoms with Gasteiger partial charge in [0.05, 0.1) is 17.7 Å². The molecule has 1 aliphatic heterocycles. The van der Waals surface area contributed by atoms with E-state index in [1.54, 1.807) is 0 Å². The number of unbranched alkanes of at least 4 members (excludes halogenated alkanes) is 1. The highest BCUT2D eigenvalue weighted by Gasteiger charge is 2.41. The van der Waals surface area contributed by atoms with E-state index in [0.29, 0.717) is 12.5 Å². The summed E-state index contributed by atoms with van der Waals surface area (Å²) in [4.78, 5) is 12.0. The molecule has 104 valence electrons. The molecule has 1 aromatic rings. The van der Waals surface area contributed by atoms with Crippen molar-refractivity contribution in [3.05, 3.63) is 23.3 Å². The second kappa shape index (κ2) is 5.41. The topological polar surface area (TPSA) is 38.3 Å². The predicted molar refractivity (Wildman–Crippen MR) is 78.3 cm³/mol. The van der Waals surface area contributed by atoms with Crippen LogP contribution in [0.2, 0.25) is 0 Å². The minimum absolute atomic E-state index is 0.0300. The summed E-state index contributed by atoms with van der Waals surface area (Å²) in [6.07, 6.45) is 1.87. The number of hydrogen-bond donors (Lipinski definition) is 1. The van der Waals surface area contributed by atoms with E-state index >= 15 is 0 Å². The molecule has 4 heteroatoms. The van der Waals surface area contributed by atoms with Crippen molar-refractivity contribution in [3.63, 3.8) is 0 Å². The van der Waals surface area contributed by atoms with Gasteiger partial charge >= 0.3 is 0 Å². The van der Waals surface area contributed by atoms with Crippen LogP contribution in [-0.4, -0.2) is 18.4 Å². The number of ether oxygens (including phenoxy) is 1. The summed E-state index contributed by atoms with van der Waals surface area (Å²) in [5.41, 5.74) is 2.42. The van der Waals surface area contributed by atoms with Gasteiger partial charge in [0.2, 0.25) is 5.91 Å². The lowest BCUT2D eigenvalue weighted by atomic mass is 9.85. The fourth-order valence-electron chi connectivity index (χ4n) is 2.35. The number of aryl methyl sites for hydroxylation is 1. The van der Waals surface area contributed by atoms with Gasteiger partial charge in [0, 0.05) is 11.4 Å². The van der Waals surface area contributed by atoms with Crippen LogP contribution in [-0.2, 0) is 10.2 Å². The van der Waals surface area contributed by atoms with Crippen LogP contribution in [0, 0.1) is 6.92 Å². The molecule has 0 atom stereocenters. The van der Waals surface area contributed by atoms with E-state index in [-0.39, 0.29) is 5.91 Å². The van der Waals surface area contributed by atoms with Crippen LogP contribution in [0.5, 0.6) is 5.75 Å². The number of benzene rings is 1. The Labute approximate surface area is 119 Å². The van der Waals surface area contributed by atoms with Crippen molar-refractivity contribution in [2.24, 2.45) is 0 Å². The number of carbonyl (C=O) groups is 1. The van der Waals surface area contributed by atoms with Gasteiger partial charge in [-0.1, -0.05) is 6.07 Å². The average Bonchev–Trinajstić information content (AvgIpc) is 2.60. The Morgan fingerprint density at radius 2 is 2.05 bits per heavy atom. The Bertz CT molecular complexity index is 497. The average molecular weight is 282 g/mol. The summed E-state index contributed by atoms with van der Waals surface area (Å²) in [6.45, 7) is 6.49. The number of carbonyl (C=O) groups excluding carboxylic acids is 1. The first kappa shape index (κ1) is 14.2. The van der Waals surface area contributed by atoms with E-state index in [1.807, 2.05) is 32.9 Å². The maximum absolute atomic E-state index is 12.0. The third-order valence-corrected chi connectivity index (χ3v) is 3.86. The summed E-state index contributed by atoms with van der Waals surface area (Å²) < 4.78 is 5.84. The second-order valence-corrected chi connectivity index (χ2v) is 5.83. The molecule has 0 saturated carbocycles. The quantitative estimate of drug-likeness (QED) is 0.661. The molecule has 0 aliphatic carbocycles. The van der Waals surface area contributed by atoms with E-state index in [9.17, 15) is 4.79 Å². The number of hydrogen-bond acceptors (Lipinski definition) is 2. The Kier molecular flexibility index (Phi) is 4.04. The first-order chi connectivity index (χ1) is 8.98. The molecular weight excluding hydrogens is 262 g/mol. The van der Waals surface area contributed by atoms with E-state index in [2.05, 4.69) is 5.32 Å². The van der Waals surface area contributed by atoms with Crippen LogP contribution in [0.25, 0.3) is 0 Å². The molecule has 0 unspecified atom stereocenters. The summed E-state index contributed by atoms with van der Waals surface area (Å²) in [5.74, 6) is 1.49. The van der Waals surface area contributed by atoms with Gasteiger partial charge in [-0.15, -0.1) is 11.6 Å². The lowest BCUT2D eigenvalue weighted by Gasteiger charge is -2.19. The van der Waals surface area contributed by atoms with Crippen molar-refractivity contribution in [1.29, 1.82) is 0 Å². The maximum Gasteiger partial charge on any atom is 0.234 e. The SMILES string of the molecule is Cc1ccc(OCCCCCl)c2c1NC(=O)C2(C)C. The zero-order valence-corrected chi connectivity index (χ0v) is 12.4. The molecule has 0 radical (unpaired) electrons. The van der Waals surface area contributed by atoms with Gasteiger partial charge < -0.3 is 10.1 Å². The van der Waals surface area contributed by atoms with E-state index in [1.165, 1.54) is 0 Å². The van der Waals surface area contributed by atoms with Crippen LogP contribution in [0.1, 0.15) is 37.8 Å². The summed E-state index contributed by atoms with van der Waals surface area (Å²) in [6, 6.07) is 3.94. The van der Waals surface area contributed by atoms with Crippen LogP contribution < -0.4 is 10.1 Å². The normalized spacial score (nSPS) is 16.1. The molecule has 2 rings (SSSR count). The number of nitrogens with one attached hydrogen (secondary N) is 1. The van der Waals surface area contributed by atoms with Crippen molar-refractivity contribution in [2.75, 3.05) is 17.8 Å². The fourth-order valence-corrected chi connectivity index (χ4v) is 2.54. The minimum atomic E-state index is -0.539. The summed E-state index contributed by atoms with van der Waals surface area (Å²) in [7, 11) is 0. The molecule has 3 nitrogen and oxygen atoms in total. The molecule has 0 saturated heterocycles. The highest BCUT2D eigenvalue weighted by Crippen LogP contribution is 2.44. The van der Waals surface area contributed by atoms with Crippen LogP contribution in [0.3, 0.4) is 0 Å². The van der Waals surface area contributed by atoms with Gasteiger partial charge in [0.15, 0.2) is 0 Å². The fraction of sp³-hybridized carbons (Fsp3) is 0.533. The standard InChI is InChI=1S/C15H20ClNO2/c1-10-6-7-11(19-9-5-4-8-16)12-13(10)17-14(18)15(12,2)3/h6-7H,4-5,8-9H2,1-3H3,(H,17,18). The summed E-state index contributed by atoms with van der Waals surface area (Å²) >= 11 is 5.65. The number of alkyl halides is 1. The molecule has 1 amide bonds. The minimum Gasteiger partial charge on any atom is -0.493 e. The van der Waals surface area contributed by atoms with Crippen LogP contribution in [0.4, 0.5) is 5.69 Å². The largest absolute Gasteiger partial charge is 0.493 e. The number of amides is 1. The molecule has 0 aromatic heterocycles. The third kappa shape index (κ3) is 2.57. The van der Waals surface area contributed by atoms with E-state index < -0.39 is 5.41 Å². The monoisotopic (exact) mass is 281 g/mol. The van der Waals surface area contributed by atoms with Crippen molar-refractivity contribution < 1.29 is 9.53 Å². The predicted octanol–water partition coefficient (Wildman–Crippen LogP) is 3.62. The second-order valence-electron chi connectivity index (χ2n) is 5.45. The Morgan fingerprint density at radius 3 is 2.74 bits per heavy atom. The smallest absolute Gasteiger partial charge is 0.234 e. The lowest BCUT2D eigenvalue weighted by molar-refractivity contribution is -0.119. The lowest BCUT2D eigenvalue weighted by Crippen LogP contribution is -2.27. The van der Waals surface area contributed by atoms with Crippen molar-refractivity contribution >= 4 is 23.2 Å².